The number of rotatable bonds is 7. The smallest absolute Gasteiger partial charge is 0.221 e. The molecule has 0 spiro atoms. The first-order valence-electron chi connectivity index (χ1n) is 9.73. The Morgan fingerprint density at radius 1 is 1.42 bits per heavy atom. The highest BCUT2D eigenvalue weighted by atomic mass is 16.1. The van der Waals surface area contributed by atoms with E-state index in [-0.39, 0.29) is 5.91 Å². The maximum atomic E-state index is 12.2. The molecule has 1 atom stereocenters. The minimum absolute atomic E-state index is 0.128. The van der Waals surface area contributed by atoms with E-state index in [4.69, 9.17) is 0 Å². The van der Waals surface area contributed by atoms with E-state index in [2.05, 4.69) is 66.2 Å². The summed E-state index contributed by atoms with van der Waals surface area (Å²) in [6, 6.07) is 6.99. The number of carbonyl (C=O) groups is 1. The van der Waals surface area contributed by atoms with E-state index >= 15 is 0 Å². The van der Waals surface area contributed by atoms with E-state index in [1.54, 1.807) is 0 Å². The van der Waals surface area contributed by atoms with Gasteiger partial charge >= 0.3 is 0 Å². The highest BCUT2D eigenvalue weighted by Crippen LogP contribution is 2.23. The number of hydrogen-bond donors (Lipinski definition) is 2. The third kappa shape index (κ3) is 4.27. The second kappa shape index (κ2) is 8.23. The molecule has 2 heterocycles. The van der Waals surface area contributed by atoms with E-state index < -0.39 is 0 Å². The van der Waals surface area contributed by atoms with Crippen LogP contribution in [0, 0.1) is 6.92 Å². The van der Waals surface area contributed by atoms with Crippen molar-refractivity contribution in [1.29, 1.82) is 0 Å². The molecule has 5 nitrogen and oxygen atoms in total. The van der Waals surface area contributed by atoms with Gasteiger partial charge in [-0.3, -0.25) is 4.79 Å². The first kappa shape index (κ1) is 18.9. The molecule has 0 bridgehead atoms. The van der Waals surface area contributed by atoms with Gasteiger partial charge in [0.15, 0.2) is 0 Å². The van der Waals surface area contributed by atoms with Crippen LogP contribution < -0.4 is 5.32 Å². The number of likely N-dealkylation sites (N-methyl/N-ethyl adjacent to an activating group) is 2. The minimum Gasteiger partial charge on any atom is -0.358 e. The molecule has 0 unspecified atom stereocenters. The molecule has 1 aliphatic rings. The zero-order valence-corrected chi connectivity index (χ0v) is 16.6. The van der Waals surface area contributed by atoms with Gasteiger partial charge in [0.05, 0.1) is 0 Å². The molecule has 1 aliphatic heterocycles. The van der Waals surface area contributed by atoms with Crippen LogP contribution in [0.2, 0.25) is 0 Å². The Kier molecular flexibility index (Phi) is 5.99. The van der Waals surface area contributed by atoms with Crippen molar-refractivity contribution in [3.8, 4) is 0 Å². The molecule has 26 heavy (non-hydrogen) atoms. The SMILES string of the molecule is CCc1[nH]c2ccc(CNC(=O)CCN(C)[C@@H]3CCN(C)C3)cc2c1C. The van der Waals surface area contributed by atoms with Crippen LogP contribution >= 0.6 is 0 Å². The van der Waals surface area contributed by atoms with Gasteiger partial charge in [0.1, 0.15) is 0 Å². The van der Waals surface area contributed by atoms with Crippen LogP contribution in [-0.2, 0) is 17.8 Å². The van der Waals surface area contributed by atoms with Crippen LogP contribution in [0.15, 0.2) is 18.2 Å². The van der Waals surface area contributed by atoms with Gasteiger partial charge in [-0.05, 0) is 63.7 Å². The van der Waals surface area contributed by atoms with Crippen LogP contribution in [0.3, 0.4) is 0 Å². The number of likely N-dealkylation sites (tertiary alicyclic amines) is 1. The molecule has 0 aliphatic carbocycles. The maximum Gasteiger partial charge on any atom is 0.221 e. The summed E-state index contributed by atoms with van der Waals surface area (Å²) in [5, 5.41) is 4.34. The summed E-state index contributed by atoms with van der Waals surface area (Å²) in [4.78, 5) is 20.4. The van der Waals surface area contributed by atoms with Gasteiger partial charge in [-0.15, -0.1) is 0 Å². The lowest BCUT2D eigenvalue weighted by atomic mass is 10.1. The van der Waals surface area contributed by atoms with Crippen molar-refractivity contribution < 1.29 is 4.79 Å². The van der Waals surface area contributed by atoms with Crippen LogP contribution in [0.25, 0.3) is 10.9 Å². The van der Waals surface area contributed by atoms with Gasteiger partial charge in [0.2, 0.25) is 5.91 Å². The number of aromatic nitrogens is 1. The highest BCUT2D eigenvalue weighted by molar-refractivity contribution is 5.85. The number of fused-ring (bicyclic) bond motifs is 1. The number of aromatic amines is 1. The van der Waals surface area contributed by atoms with Gasteiger partial charge in [-0.2, -0.15) is 0 Å². The number of aryl methyl sites for hydroxylation is 2. The van der Waals surface area contributed by atoms with Crippen molar-refractivity contribution in [3.63, 3.8) is 0 Å². The molecule has 0 radical (unpaired) electrons. The zero-order chi connectivity index (χ0) is 18.7. The second-order valence-electron chi connectivity index (χ2n) is 7.67. The first-order chi connectivity index (χ1) is 12.5. The topological polar surface area (TPSA) is 51.4 Å². The fourth-order valence-corrected chi connectivity index (χ4v) is 3.91. The van der Waals surface area contributed by atoms with Gasteiger partial charge < -0.3 is 20.1 Å². The molecule has 1 amide bonds. The van der Waals surface area contributed by atoms with E-state index in [0.717, 1.165) is 31.6 Å². The number of nitrogens with zero attached hydrogens (tertiary/aromatic N) is 2. The number of nitrogens with one attached hydrogen (secondary N) is 2. The lowest BCUT2D eigenvalue weighted by Gasteiger charge is -2.23. The summed E-state index contributed by atoms with van der Waals surface area (Å²) in [7, 11) is 4.29. The van der Waals surface area contributed by atoms with Crippen molar-refractivity contribution in [2.75, 3.05) is 33.7 Å². The van der Waals surface area contributed by atoms with Gasteiger partial charge in [0, 0.05) is 48.7 Å². The maximum absolute atomic E-state index is 12.2. The molecule has 1 fully saturated rings. The Morgan fingerprint density at radius 2 is 2.23 bits per heavy atom. The molecule has 1 saturated heterocycles. The van der Waals surface area contributed by atoms with Crippen LogP contribution in [-0.4, -0.2) is 60.5 Å². The van der Waals surface area contributed by atoms with Crippen molar-refractivity contribution in [2.45, 2.75) is 45.7 Å². The molecular formula is C21H32N4O. The summed E-state index contributed by atoms with van der Waals surface area (Å²) in [6.07, 6.45) is 2.77. The molecule has 1 aromatic carbocycles. The Morgan fingerprint density at radius 3 is 2.92 bits per heavy atom. The van der Waals surface area contributed by atoms with Crippen molar-refractivity contribution in [2.24, 2.45) is 0 Å². The molecular weight excluding hydrogens is 324 g/mol. The molecule has 2 N–H and O–H groups in total. The Labute approximate surface area is 156 Å². The van der Waals surface area contributed by atoms with E-state index in [9.17, 15) is 4.79 Å². The van der Waals surface area contributed by atoms with Gasteiger partial charge in [-0.1, -0.05) is 13.0 Å². The largest absolute Gasteiger partial charge is 0.358 e. The molecule has 5 heteroatoms. The molecule has 3 rings (SSSR count). The van der Waals surface area contributed by atoms with Gasteiger partial charge in [-0.25, -0.2) is 0 Å². The van der Waals surface area contributed by atoms with Crippen LogP contribution in [0.1, 0.15) is 36.6 Å². The Bertz CT molecular complexity index is 767. The van der Waals surface area contributed by atoms with E-state index in [1.807, 2.05) is 0 Å². The lowest BCUT2D eigenvalue weighted by molar-refractivity contribution is -0.121. The third-order valence-corrected chi connectivity index (χ3v) is 5.75. The second-order valence-corrected chi connectivity index (χ2v) is 7.67. The minimum atomic E-state index is 0.128. The highest BCUT2D eigenvalue weighted by Gasteiger charge is 2.23. The molecule has 0 saturated carbocycles. The number of benzene rings is 1. The van der Waals surface area contributed by atoms with Crippen LogP contribution in [0.4, 0.5) is 0 Å². The monoisotopic (exact) mass is 356 g/mol. The summed E-state index contributed by atoms with van der Waals surface area (Å²) in [5.74, 6) is 0.128. The van der Waals surface area contributed by atoms with Crippen molar-refractivity contribution >= 4 is 16.8 Å². The van der Waals surface area contributed by atoms with Crippen molar-refractivity contribution in [3.05, 3.63) is 35.0 Å². The average Bonchev–Trinajstić information content (AvgIpc) is 3.21. The number of hydrogen-bond acceptors (Lipinski definition) is 3. The summed E-state index contributed by atoms with van der Waals surface area (Å²) in [6.45, 7) is 8.00. The normalized spacial score (nSPS) is 18.1. The quantitative estimate of drug-likeness (QED) is 0.802. The Balaban J connectivity index is 1.49. The predicted molar refractivity (Wildman–Crippen MR) is 107 cm³/mol. The summed E-state index contributed by atoms with van der Waals surface area (Å²) < 4.78 is 0. The van der Waals surface area contributed by atoms with Crippen molar-refractivity contribution in [1.82, 2.24) is 20.1 Å². The van der Waals surface area contributed by atoms with Gasteiger partial charge in [0.25, 0.3) is 0 Å². The lowest BCUT2D eigenvalue weighted by Crippen LogP contribution is -2.36. The fraction of sp³-hybridized carbons (Fsp3) is 0.571. The fourth-order valence-electron chi connectivity index (χ4n) is 3.91. The third-order valence-electron chi connectivity index (χ3n) is 5.75. The predicted octanol–water partition coefficient (Wildman–Crippen LogP) is 2.68. The number of H-pyrrole nitrogens is 1. The first-order valence-corrected chi connectivity index (χ1v) is 9.73. The van der Waals surface area contributed by atoms with E-state index in [0.29, 0.717) is 19.0 Å². The number of amides is 1. The standard InChI is InChI=1S/C21H32N4O/c1-5-19-15(2)18-12-16(6-7-20(18)23-19)13-22-21(26)9-11-25(4)17-8-10-24(3)14-17/h6-7,12,17,23H,5,8-11,13-14H2,1-4H3,(H,22,26)/t17-/m1/s1. The Hall–Kier alpha value is -1.85. The molecule has 2 aromatic rings. The number of carbonyl (C=O) groups excluding carboxylic acids is 1. The van der Waals surface area contributed by atoms with E-state index in [1.165, 1.54) is 28.6 Å². The van der Waals surface area contributed by atoms with Crippen LogP contribution in [0.5, 0.6) is 0 Å². The molecule has 142 valence electrons. The molecule has 1 aromatic heterocycles. The summed E-state index contributed by atoms with van der Waals surface area (Å²) in [5.41, 5.74) is 4.94. The summed E-state index contributed by atoms with van der Waals surface area (Å²) >= 11 is 0. The zero-order valence-electron chi connectivity index (χ0n) is 16.6. The average molecular weight is 357 g/mol.